The zero-order chi connectivity index (χ0) is 18.0. The number of phosphoric ester groups is 1. The highest BCUT2D eigenvalue weighted by atomic mass is 31.2. The second kappa shape index (κ2) is 7.42. The van der Waals surface area contributed by atoms with Gasteiger partial charge in [-0.05, 0) is 37.1 Å². The number of nitrogens with zero attached hydrogens (tertiary/aromatic N) is 2. The van der Waals surface area contributed by atoms with Crippen molar-refractivity contribution in [2.45, 2.75) is 19.4 Å². The molecule has 0 bridgehead atoms. The minimum atomic E-state index is -4.02. The molecule has 1 fully saturated rings. The van der Waals surface area contributed by atoms with Crippen LogP contribution in [0, 0.1) is 6.92 Å². The first-order chi connectivity index (χ1) is 11.1. The molecule has 0 amide bonds. The number of benzene rings is 1. The molecular weight excluding hydrogens is 329 g/mol. The van der Waals surface area contributed by atoms with Crippen LogP contribution in [0.2, 0.25) is 0 Å². The largest absolute Gasteiger partial charge is 0.472 e. The Labute approximate surface area is 144 Å². The molecule has 0 aromatic heterocycles. The van der Waals surface area contributed by atoms with E-state index in [2.05, 4.69) is 4.90 Å². The number of nitrogens with two attached hydrogens (primary N) is 1. The van der Waals surface area contributed by atoms with Crippen molar-refractivity contribution in [2.24, 2.45) is 0 Å². The Kier molecular flexibility index (Phi) is 5.94. The third-order valence-corrected chi connectivity index (χ3v) is 5.14. The van der Waals surface area contributed by atoms with E-state index in [1.54, 1.807) is 0 Å². The van der Waals surface area contributed by atoms with Gasteiger partial charge in [0.1, 0.15) is 13.2 Å². The van der Waals surface area contributed by atoms with E-state index in [1.807, 2.05) is 46.3 Å². The summed E-state index contributed by atoms with van der Waals surface area (Å²) < 4.78 is 23.1. The van der Waals surface area contributed by atoms with Crippen molar-refractivity contribution in [3.63, 3.8) is 0 Å². The molecule has 1 aliphatic heterocycles. The molecule has 7 nitrogen and oxygen atoms in total. The molecule has 1 aliphatic rings. The second-order valence-corrected chi connectivity index (χ2v) is 8.72. The number of hydrogen-bond donors (Lipinski definition) is 2. The summed E-state index contributed by atoms with van der Waals surface area (Å²) in [5.74, 6) is 0. The van der Waals surface area contributed by atoms with Crippen LogP contribution in [0.15, 0.2) is 18.2 Å². The van der Waals surface area contributed by atoms with Gasteiger partial charge in [-0.2, -0.15) is 0 Å². The molecule has 1 saturated heterocycles. The number of quaternary nitrogens is 1. The monoisotopic (exact) mass is 358 g/mol. The summed E-state index contributed by atoms with van der Waals surface area (Å²) in [6.45, 7) is 4.12. The summed E-state index contributed by atoms with van der Waals surface area (Å²) in [6.07, 6.45) is 0.370. The maximum Gasteiger partial charge on any atom is 0.472 e. The highest BCUT2D eigenvalue weighted by Gasteiger charge is 2.32. The van der Waals surface area contributed by atoms with Crippen molar-refractivity contribution in [1.82, 2.24) is 0 Å². The number of anilines is 2. The number of nitrogen functional groups attached to an aromatic ring is 1. The molecule has 24 heavy (non-hydrogen) atoms. The fourth-order valence-corrected chi connectivity index (χ4v) is 3.48. The zero-order valence-corrected chi connectivity index (χ0v) is 15.8. The van der Waals surface area contributed by atoms with Gasteiger partial charge in [0, 0.05) is 24.5 Å². The molecule has 0 aliphatic carbocycles. The van der Waals surface area contributed by atoms with Crippen LogP contribution >= 0.6 is 7.82 Å². The van der Waals surface area contributed by atoms with Crippen LogP contribution in [-0.4, -0.2) is 62.9 Å². The van der Waals surface area contributed by atoms with Crippen molar-refractivity contribution in [2.75, 3.05) is 58.0 Å². The predicted molar refractivity (Wildman–Crippen MR) is 96.0 cm³/mol. The summed E-state index contributed by atoms with van der Waals surface area (Å²) >= 11 is 0. The summed E-state index contributed by atoms with van der Waals surface area (Å²) in [6, 6.07) is 5.86. The van der Waals surface area contributed by atoms with Gasteiger partial charge >= 0.3 is 7.82 Å². The molecule has 2 unspecified atom stereocenters. The molecule has 8 heteroatoms. The lowest BCUT2D eigenvalue weighted by Crippen LogP contribution is -2.37. The summed E-state index contributed by atoms with van der Waals surface area (Å²) in [4.78, 5) is 12.0. The van der Waals surface area contributed by atoms with Crippen molar-refractivity contribution in [3.05, 3.63) is 23.8 Å². The van der Waals surface area contributed by atoms with E-state index in [4.69, 9.17) is 14.8 Å². The van der Waals surface area contributed by atoms with Crippen molar-refractivity contribution in [3.8, 4) is 0 Å². The van der Waals surface area contributed by atoms with Crippen molar-refractivity contribution >= 4 is 19.2 Å². The lowest BCUT2D eigenvalue weighted by atomic mass is 10.2. The van der Waals surface area contributed by atoms with E-state index in [1.165, 1.54) is 0 Å². The molecule has 1 aromatic rings. The molecule has 0 radical (unpaired) electrons. The van der Waals surface area contributed by atoms with Gasteiger partial charge in [0.15, 0.2) is 0 Å². The first-order valence-corrected chi connectivity index (χ1v) is 9.62. The molecule has 3 N–H and O–H groups in total. The van der Waals surface area contributed by atoms with Crippen LogP contribution in [0.4, 0.5) is 11.4 Å². The zero-order valence-electron chi connectivity index (χ0n) is 14.9. The lowest BCUT2D eigenvalue weighted by Gasteiger charge is -2.24. The van der Waals surface area contributed by atoms with Crippen LogP contribution in [0.25, 0.3) is 0 Å². The second-order valence-electron chi connectivity index (χ2n) is 7.32. The van der Waals surface area contributed by atoms with Gasteiger partial charge in [-0.1, -0.05) is 0 Å². The minimum absolute atomic E-state index is 0.185. The normalized spacial score (nSPS) is 21.0. The molecule has 0 spiro atoms. The van der Waals surface area contributed by atoms with Gasteiger partial charge in [0.25, 0.3) is 0 Å². The van der Waals surface area contributed by atoms with Crippen LogP contribution in [0.1, 0.15) is 12.0 Å². The predicted octanol–water partition coefficient (Wildman–Crippen LogP) is 2.00. The van der Waals surface area contributed by atoms with Gasteiger partial charge in [0.2, 0.25) is 0 Å². The van der Waals surface area contributed by atoms with Crippen LogP contribution < -0.4 is 10.6 Å². The average molecular weight is 358 g/mol. The molecular formula is C16H29N3O4P+. The van der Waals surface area contributed by atoms with E-state index in [0.717, 1.165) is 23.5 Å². The third kappa shape index (κ3) is 5.76. The summed E-state index contributed by atoms with van der Waals surface area (Å²) in [5, 5.41) is 0. The fraction of sp³-hybridized carbons (Fsp3) is 0.625. The molecule has 1 heterocycles. The van der Waals surface area contributed by atoms with E-state index in [9.17, 15) is 9.46 Å². The van der Waals surface area contributed by atoms with E-state index >= 15 is 0 Å². The molecule has 2 rings (SSSR count). The number of aryl methyl sites for hydroxylation is 1. The van der Waals surface area contributed by atoms with Crippen LogP contribution in [0.5, 0.6) is 0 Å². The average Bonchev–Trinajstić information content (AvgIpc) is 2.87. The van der Waals surface area contributed by atoms with E-state index < -0.39 is 7.82 Å². The lowest BCUT2D eigenvalue weighted by molar-refractivity contribution is -0.870. The van der Waals surface area contributed by atoms with Gasteiger partial charge in [-0.25, -0.2) is 4.57 Å². The van der Waals surface area contributed by atoms with E-state index in [0.29, 0.717) is 24.0 Å². The molecule has 2 atom stereocenters. The van der Waals surface area contributed by atoms with Gasteiger partial charge in [-0.3, -0.25) is 9.05 Å². The quantitative estimate of drug-likeness (QED) is 0.441. The highest BCUT2D eigenvalue weighted by Crippen LogP contribution is 2.46. The summed E-state index contributed by atoms with van der Waals surface area (Å²) in [5.41, 5.74) is 8.67. The maximum atomic E-state index is 12.1. The summed E-state index contributed by atoms with van der Waals surface area (Å²) in [7, 11) is 1.97. The highest BCUT2D eigenvalue weighted by molar-refractivity contribution is 7.47. The minimum Gasteiger partial charge on any atom is -0.399 e. The van der Waals surface area contributed by atoms with Crippen LogP contribution in [-0.2, 0) is 13.6 Å². The third-order valence-electron chi connectivity index (χ3n) is 4.06. The molecule has 1 aromatic carbocycles. The molecule has 0 saturated carbocycles. The first kappa shape index (κ1) is 19.2. The molecule has 136 valence electrons. The fourth-order valence-electron chi connectivity index (χ4n) is 2.55. The Bertz CT molecular complexity index is 618. The Morgan fingerprint density at radius 1 is 1.42 bits per heavy atom. The van der Waals surface area contributed by atoms with Gasteiger partial charge in [-0.15, -0.1) is 0 Å². The number of hydrogen-bond acceptors (Lipinski definition) is 5. The first-order valence-electron chi connectivity index (χ1n) is 8.13. The number of likely N-dealkylation sites (N-methyl/N-ethyl adjacent to an activating group) is 1. The smallest absolute Gasteiger partial charge is 0.399 e. The van der Waals surface area contributed by atoms with Crippen molar-refractivity contribution < 1.29 is 23.0 Å². The number of rotatable bonds is 7. The maximum absolute atomic E-state index is 12.1. The SMILES string of the molecule is Cc1cc(N2CCC(OP(=O)(O)OCC[N+](C)(C)C)C2)ccc1N. The Hall–Kier alpha value is -1.11. The standard InChI is InChI=1S/C16H28N3O4P/c1-13-11-14(5-6-16(13)17)18-8-7-15(12-18)23-24(20,21)22-10-9-19(2,3)4/h5-6,11,15H,7-10,12,17H2,1-4H3/p+1. The Morgan fingerprint density at radius 3 is 2.75 bits per heavy atom. The topological polar surface area (TPSA) is 85.0 Å². The Morgan fingerprint density at radius 2 is 2.12 bits per heavy atom. The Balaban J connectivity index is 1.86. The number of phosphoric acid groups is 1. The van der Waals surface area contributed by atoms with E-state index in [-0.39, 0.29) is 12.7 Å². The van der Waals surface area contributed by atoms with Gasteiger partial charge in [0.05, 0.1) is 27.2 Å². The van der Waals surface area contributed by atoms with Gasteiger partial charge < -0.3 is 20.0 Å². The van der Waals surface area contributed by atoms with Crippen molar-refractivity contribution in [1.29, 1.82) is 0 Å². The van der Waals surface area contributed by atoms with Crippen LogP contribution in [0.3, 0.4) is 0 Å².